The lowest BCUT2D eigenvalue weighted by Gasteiger charge is -2.27. The molecular formula is C19H28N2O2. The van der Waals surface area contributed by atoms with Gasteiger partial charge in [-0.2, -0.15) is 0 Å². The molecule has 2 aliphatic rings. The SMILES string of the molecule is O=C(C1CCCCN1)N1CCC(OCCCc2ccccc2)C1. The molecule has 2 heterocycles. The molecule has 0 spiro atoms. The van der Waals surface area contributed by atoms with Gasteiger partial charge in [0, 0.05) is 19.7 Å². The molecule has 2 saturated heterocycles. The van der Waals surface area contributed by atoms with Gasteiger partial charge in [-0.15, -0.1) is 0 Å². The highest BCUT2D eigenvalue weighted by atomic mass is 16.5. The fourth-order valence-corrected chi connectivity index (χ4v) is 3.52. The summed E-state index contributed by atoms with van der Waals surface area (Å²) in [5, 5.41) is 3.35. The summed E-state index contributed by atoms with van der Waals surface area (Å²) in [6.45, 7) is 3.37. The van der Waals surface area contributed by atoms with E-state index in [1.165, 1.54) is 12.0 Å². The van der Waals surface area contributed by atoms with Gasteiger partial charge >= 0.3 is 0 Å². The Morgan fingerprint density at radius 1 is 1.22 bits per heavy atom. The molecule has 4 nitrogen and oxygen atoms in total. The monoisotopic (exact) mass is 316 g/mol. The van der Waals surface area contributed by atoms with E-state index in [9.17, 15) is 4.79 Å². The zero-order valence-corrected chi connectivity index (χ0v) is 13.9. The number of nitrogens with zero attached hydrogens (tertiary/aromatic N) is 1. The van der Waals surface area contributed by atoms with Gasteiger partial charge < -0.3 is 15.0 Å². The van der Waals surface area contributed by atoms with Crippen molar-refractivity contribution in [2.45, 2.75) is 50.7 Å². The average molecular weight is 316 g/mol. The van der Waals surface area contributed by atoms with E-state index < -0.39 is 0 Å². The van der Waals surface area contributed by atoms with Crippen LogP contribution in [0.15, 0.2) is 30.3 Å². The van der Waals surface area contributed by atoms with E-state index in [4.69, 9.17) is 4.74 Å². The molecule has 4 heteroatoms. The van der Waals surface area contributed by atoms with Crippen LogP contribution in [0.4, 0.5) is 0 Å². The summed E-state index contributed by atoms with van der Waals surface area (Å²) >= 11 is 0. The second-order valence-corrected chi connectivity index (χ2v) is 6.66. The first-order chi connectivity index (χ1) is 11.3. The minimum absolute atomic E-state index is 0.0422. The van der Waals surface area contributed by atoms with Crippen LogP contribution < -0.4 is 5.32 Å². The van der Waals surface area contributed by atoms with Gasteiger partial charge in [-0.05, 0) is 44.2 Å². The summed E-state index contributed by atoms with van der Waals surface area (Å²) in [5.74, 6) is 0.278. The fraction of sp³-hybridized carbons (Fsp3) is 0.632. The van der Waals surface area contributed by atoms with Crippen molar-refractivity contribution in [2.75, 3.05) is 26.2 Å². The molecular weight excluding hydrogens is 288 g/mol. The Balaban J connectivity index is 1.34. The van der Waals surface area contributed by atoms with Crippen LogP contribution in [0.5, 0.6) is 0 Å². The zero-order chi connectivity index (χ0) is 15.9. The normalized spacial score (nSPS) is 24.8. The fourth-order valence-electron chi connectivity index (χ4n) is 3.52. The number of benzene rings is 1. The first-order valence-electron chi connectivity index (χ1n) is 9.00. The van der Waals surface area contributed by atoms with Crippen LogP contribution in [-0.4, -0.2) is 49.2 Å². The molecule has 3 rings (SSSR count). The molecule has 23 heavy (non-hydrogen) atoms. The number of ether oxygens (including phenoxy) is 1. The van der Waals surface area contributed by atoms with E-state index in [1.807, 2.05) is 11.0 Å². The van der Waals surface area contributed by atoms with Crippen molar-refractivity contribution in [2.24, 2.45) is 0 Å². The Labute approximate surface area is 139 Å². The lowest BCUT2D eigenvalue weighted by molar-refractivity contribution is -0.133. The van der Waals surface area contributed by atoms with Crippen LogP contribution in [0.1, 0.15) is 37.7 Å². The summed E-state index contributed by atoms with van der Waals surface area (Å²) in [7, 11) is 0. The number of nitrogens with one attached hydrogen (secondary N) is 1. The first kappa shape index (κ1) is 16.5. The van der Waals surface area contributed by atoms with E-state index in [0.717, 1.165) is 58.3 Å². The average Bonchev–Trinajstić information content (AvgIpc) is 3.09. The van der Waals surface area contributed by atoms with Crippen molar-refractivity contribution in [1.29, 1.82) is 0 Å². The van der Waals surface area contributed by atoms with Crippen molar-refractivity contribution < 1.29 is 9.53 Å². The van der Waals surface area contributed by atoms with E-state index in [-0.39, 0.29) is 18.1 Å². The summed E-state index contributed by atoms with van der Waals surface area (Å²) in [5.41, 5.74) is 1.36. The van der Waals surface area contributed by atoms with Crippen molar-refractivity contribution >= 4 is 5.91 Å². The minimum atomic E-state index is 0.0422. The number of amides is 1. The maximum atomic E-state index is 12.5. The molecule has 2 fully saturated rings. The Morgan fingerprint density at radius 3 is 2.87 bits per heavy atom. The number of hydrogen-bond acceptors (Lipinski definition) is 3. The largest absolute Gasteiger partial charge is 0.376 e. The lowest BCUT2D eigenvalue weighted by Crippen LogP contribution is -2.48. The number of hydrogen-bond donors (Lipinski definition) is 1. The van der Waals surface area contributed by atoms with Gasteiger partial charge in [0.25, 0.3) is 0 Å². The van der Waals surface area contributed by atoms with E-state index >= 15 is 0 Å². The summed E-state index contributed by atoms with van der Waals surface area (Å²) in [4.78, 5) is 14.5. The third-order valence-electron chi connectivity index (χ3n) is 4.87. The van der Waals surface area contributed by atoms with Crippen LogP contribution in [0.3, 0.4) is 0 Å². The highest BCUT2D eigenvalue weighted by molar-refractivity contribution is 5.82. The van der Waals surface area contributed by atoms with Crippen LogP contribution in [-0.2, 0) is 16.0 Å². The summed E-state index contributed by atoms with van der Waals surface area (Å²) < 4.78 is 5.98. The molecule has 1 aromatic rings. The smallest absolute Gasteiger partial charge is 0.239 e. The molecule has 126 valence electrons. The van der Waals surface area contributed by atoms with Crippen molar-refractivity contribution in [3.05, 3.63) is 35.9 Å². The molecule has 1 N–H and O–H groups in total. The highest BCUT2D eigenvalue weighted by Gasteiger charge is 2.31. The molecule has 0 bridgehead atoms. The number of aryl methyl sites for hydroxylation is 1. The minimum Gasteiger partial charge on any atom is -0.376 e. The van der Waals surface area contributed by atoms with Crippen LogP contribution in [0.2, 0.25) is 0 Å². The van der Waals surface area contributed by atoms with Gasteiger partial charge in [-0.1, -0.05) is 36.8 Å². The Kier molecular flexibility index (Phi) is 6.06. The third-order valence-corrected chi connectivity index (χ3v) is 4.87. The number of likely N-dealkylation sites (tertiary alicyclic amines) is 1. The summed E-state index contributed by atoms with van der Waals surface area (Å²) in [6, 6.07) is 10.6. The molecule has 2 atom stereocenters. The van der Waals surface area contributed by atoms with Crippen molar-refractivity contribution in [1.82, 2.24) is 10.2 Å². The first-order valence-corrected chi connectivity index (χ1v) is 9.00. The molecule has 0 aromatic heterocycles. The van der Waals surface area contributed by atoms with Gasteiger partial charge in [0.05, 0.1) is 12.1 Å². The van der Waals surface area contributed by atoms with Gasteiger partial charge in [-0.3, -0.25) is 4.79 Å². The predicted molar refractivity (Wildman–Crippen MR) is 91.3 cm³/mol. The number of carbonyl (C=O) groups is 1. The Morgan fingerprint density at radius 2 is 2.09 bits per heavy atom. The maximum Gasteiger partial charge on any atom is 0.239 e. The summed E-state index contributed by atoms with van der Waals surface area (Å²) in [6.07, 6.45) is 6.63. The topological polar surface area (TPSA) is 41.6 Å². The maximum absolute atomic E-state index is 12.5. The Bertz CT molecular complexity index is 485. The van der Waals surface area contributed by atoms with Gasteiger partial charge in [-0.25, -0.2) is 0 Å². The molecule has 0 radical (unpaired) electrons. The van der Waals surface area contributed by atoms with Gasteiger partial charge in [0.1, 0.15) is 0 Å². The van der Waals surface area contributed by atoms with E-state index in [0.29, 0.717) is 0 Å². The van der Waals surface area contributed by atoms with Crippen LogP contribution in [0.25, 0.3) is 0 Å². The quantitative estimate of drug-likeness (QED) is 0.819. The molecule has 0 aliphatic carbocycles. The number of carbonyl (C=O) groups excluding carboxylic acids is 1. The second kappa shape index (κ2) is 8.46. The Hall–Kier alpha value is -1.39. The molecule has 0 saturated carbocycles. The molecule has 2 unspecified atom stereocenters. The third kappa shape index (κ3) is 4.79. The zero-order valence-electron chi connectivity index (χ0n) is 13.9. The van der Waals surface area contributed by atoms with Crippen LogP contribution in [0, 0.1) is 0 Å². The van der Waals surface area contributed by atoms with Gasteiger partial charge in [0.2, 0.25) is 5.91 Å². The van der Waals surface area contributed by atoms with Crippen LogP contribution >= 0.6 is 0 Å². The van der Waals surface area contributed by atoms with E-state index in [2.05, 4.69) is 29.6 Å². The number of rotatable bonds is 6. The van der Waals surface area contributed by atoms with Crippen molar-refractivity contribution in [3.8, 4) is 0 Å². The molecule has 1 aromatic carbocycles. The van der Waals surface area contributed by atoms with Crippen molar-refractivity contribution in [3.63, 3.8) is 0 Å². The second-order valence-electron chi connectivity index (χ2n) is 6.66. The standard InChI is InChI=1S/C19H28N2O2/c22-19(18-10-4-5-12-20-18)21-13-11-17(15-21)23-14-6-9-16-7-2-1-3-8-16/h1-3,7-8,17-18,20H,4-6,9-15H2. The lowest BCUT2D eigenvalue weighted by atomic mass is 10.0. The predicted octanol–water partition coefficient (Wildman–Crippen LogP) is 2.38. The number of piperidine rings is 1. The van der Waals surface area contributed by atoms with Gasteiger partial charge in [0.15, 0.2) is 0 Å². The molecule has 2 aliphatic heterocycles. The highest BCUT2D eigenvalue weighted by Crippen LogP contribution is 2.17. The van der Waals surface area contributed by atoms with E-state index in [1.54, 1.807) is 0 Å². The molecule has 1 amide bonds.